The SMILES string of the molecule is CCC(CSC)N(C)C(=O)c1nc(Cl)ccc1Cl. The molecule has 0 aliphatic heterocycles. The Kier molecular flexibility index (Phi) is 6.26. The molecule has 0 bridgehead atoms. The van der Waals surface area contributed by atoms with Crippen molar-refractivity contribution in [3.63, 3.8) is 0 Å². The molecule has 0 spiro atoms. The minimum atomic E-state index is -0.191. The molecule has 100 valence electrons. The fourth-order valence-electron chi connectivity index (χ4n) is 1.60. The van der Waals surface area contributed by atoms with Crippen molar-refractivity contribution in [2.45, 2.75) is 19.4 Å². The summed E-state index contributed by atoms with van der Waals surface area (Å²) in [5.74, 6) is 0.695. The lowest BCUT2D eigenvalue weighted by atomic mass is 10.2. The molecule has 0 aliphatic rings. The Bertz CT molecular complexity index is 429. The van der Waals surface area contributed by atoms with Crippen LogP contribution in [0.15, 0.2) is 12.1 Å². The van der Waals surface area contributed by atoms with Crippen molar-refractivity contribution in [3.05, 3.63) is 28.0 Å². The topological polar surface area (TPSA) is 33.2 Å². The maximum atomic E-state index is 12.3. The second-order valence-corrected chi connectivity index (χ2v) is 5.60. The number of pyridine rings is 1. The van der Waals surface area contributed by atoms with Gasteiger partial charge >= 0.3 is 0 Å². The number of thioether (sulfide) groups is 1. The molecule has 1 rings (SSSR count). The molecule has 0 aliphatic carbocycles. The Morgan fingerprint density at radius 3 is 2.72 bits per heavy atom. The molecule has 18 heavy (non-hydrogen) atoms. The molecule has 0 aromatic carbocycles. The van der Waals surface area contributed by atoms with Crippen molar-refractivity contribution < 1.29 is 4.79 Å². The van der Waals surface area contributed by atoms with Gasteiger partial charge in [0.2, 0.25) is 0 Å². The Morgan fingerprint density at radius 2 is 2.17 bits per heavy atom. The molecule has 0 fully saturated rings. The lowest BCUT2D eigenvalue weighted by Gasteiger charge is -2.26. The van der Waals surface area contributed by atoms with Gasteiger partial charge in [0.1, 0.15) is 10.8 Å². The molecule has 1 heterocycles. The zero-order valence-corrected chi connectivity index (χ0v) is 12.9. The summed E-state index contributed by atoms with van der Waals surface area (Å²) >= 11 is 13.5. The highest BCUT2D eigenvalue weighted by Gasteiger charge is 2.22. The quantitative estimate of drug-likeness (QED) is 0.779. The van der Waals surface area contributed by atoms with Gasteiger partial charge in [0, 0.05) is 18.8 Å². The molecule has 0 saturated carbocycles. The first kappa shape index (κ1) is 15.6. The minimum absolute atomic E-state index is 0.171. The zero-order chi connectivity index (χ0) is 13.7. The molecular weight excluding hydrogens is 291 g/mol. The standard InChI is InChI=1S/C12H16Cl2N2OS/c1-4-8(7-18-3)16(2)12(17)11-9(13)5-6-10(14)15-11/h5-6,8H,4,7H2,1-3H3. The van der Waals surface area contributed by atoms with E-state index in [0.717, 1.165) is 12.2 Å². The molecule has 0 N–H and O–H groups in total. The fourth-order valence-corrected chi connectivity index (χ4v) is 2.77. The van der Waals surface area contributed by atoms with E-state index in [0.29, 0.717) is 5.02 Å². The lowest BCUT2D eigenvalue weighted by molar-refractivity contribution is 0.0738. The van der Waals surface area contributed by atoms with Crippen LogP contribution in [0.25, 0.3) is 0 Å². The number of rotatable bonds is 5. The smallest absolute Gasteiger partial charge is 0.274 e. The van der Waals surface area contributed by atoms with Crippen LogP contribution < -0.4 is 0 Å². The summed E-state index contributed by atoms with van der Waals surface area (Å²) in [5.41, 5.74) is 0.214. The van der Waals surface area contributed by atoms with Crippen LogP contribution in [0.1, 0.15) is 23.8 Å². The van der Waals surface area contributed by atoms with Crippen LogP contribution in [0.5, 0.6) is 0 Å². The highest BCUT2D eigenvalue weighted by atomic mass is 35.5. The van der Waals surface area contributed by atoms with E-state index in [-0.39, 0.29) is 22.8 Å². The maximum Gasteiger partial charge on any atom is 0.274 e. The highest BCUT2D eigenvalue weighted by molar-refractivity contribution is 7.98. The van der Waals surface area contributed by atoms with Gasteiger partial charge in [-0.15, -0.1) is 0 Å². The summed E-state index contributed by atoms with van der Waals surface area (Å²) < 4.78 is 0. The van der Waals surface area contributed by atoms with Gasteiger partial charge in [-0.25, -0.2) is 4.98 Å². The van der Waals surface area contributed by atoms with Gasteiger partial charge < -0.3 is 4.90 Å². The minimum Gasteiger partial charge on any atom is -0.337 e. The largest absolute Gasteiger partial charge is 0.337 e. The Morgan fingerprint density at radius 1 is 1.50 bits per heavy atom. The van der Waals surface area contributed by atoms with Gasteiger partial charge in [-0.2, -0.15) is 11.8 Å². The van der Waals surface area contributed by atoms with Gasteiger partial charge in [-0.1, -0.05) is 30.1 Å². The molecule has 1 aromatic heterocycles. The number of hydrogen-bond donors (Lipinski definition) is 0. The van der Waals surface area contributed by atoms with Crippen molar-refractivity contribution in [1.29, 1.82) is 0 Å². The van der Waals surface area contributed by atoms with Crippen LogP contribution in [0, 0.1) is 0 Å². The molecular formula is C12H16Cl2N2OS. The molecule has 1 amide bonds. The number of halogens is 2. The van der Waals surface area contributed by atoms with Crippen molar-refractivity contribution in [2.24, 2.45) is 0 Å². The van der Waals surface area contributed by atoms with Gasteiger partial charge in [0.25, 0.3) is 5.91 Å². The molecule has 0 saturated heterocycles. The molecule has 3 nitrogen and oxygen atoms in total. The lowest BCUT2D eigenvalue weighted by Crippen LogP contribution is -2.38. The zero-order valence-electron chi connectivity index (χ0n) is 10.6. The van der Waals surface area contributed by atoms with Crippen LogP contribution >= 0.6 is 35.0 Å². The van der Waals surface area contributed by atoms with E-state index in [2.05, 4.69) is 11.9 Å². The molecule has 1 unspecified atom stereocenters. The molecule has 1 atom stereocenters. The summed E-state index contributed by atoms with van der Waals surface area (Å²) in [4.78, 5) is 18.0. The first-order valence-corrected chi connectivity index (χ1v) is 7.74. The second kappa shape index (κ2) is 7.22. The second-order valence-electron chi connectivity index (χ2n) is 3.90. The van der Waals surface area contributed by atoms with Crippen molar-refractivity contribution >= 4 is 40.9 Å². The first-order valence-electron chi connectivity index (χ1n) is 5.59. The normalized spacial score (nSPS) is 12.3. The van der Waals surface area contributed by atoms with E-state index >= 15 is 0 Å². The summed E-state index contributed by atoms with van der Waals surface area (Å²) in [6.45, 7) is 2.05. The van der Waals surface area contributed by atoms with E-state index in [1.54, 1.807) is 35.8 Å². The third-order valence-corrected chi connectivity index (χ3v) is 3.95. The number of hydrogen-bond acceptors (Lipinski definition) is 3. The monoisotopic (exact) mass is 306 g/mol. The van der Waals surface area contributed by atoms with Crippen LogP contribution in [0.4, 0.5) is 0 Å². The summed E-state index contributed by atoms with van der Waals surface area (Å²) in [6.07, 6.45) is 2.91. The molecule has 0 radical (unpaired) electrons. The van der Waals surface area contributed by atoms with E-state index < -0.39 is 0 Å². The number of aromatic nitrogens is 1. The fraction of sp³-hybridized carbons (Fsp3) is 0.500. The van der Waals surface area contributed by atoms with E-state index in [1.165, 1.54) is 0 Å². The summed E-state index contributed by atoms with van der Waals surface area (Å²) in [7, 11) is 1.77. The highest BCUT2D eigenvalue weighted by Crippen LogP contribution is 2.20. The third kappa shape index (κ3) is 3.77. The number of carbonyl (C=O) groups excluding carboxylic acids is 1. The summed E-state index contributed by atoms with van der Waals surface area (Å²) in [5, 5.41) is 0.601. The number of nitrogens with zero attached hydrogens (tertiary/aromatic N) is 2. The van der Waals surface area contributed by atoms with Crippen molar-refractivity contribution in [1.82, 2.24) is 9.88 Å². The predicted molar refractivity (Wildman–Crippen MR) is 78.8 cm³/mol. The van der Waals surface area contributed by atoms with Crippen LogP contribution in [0.3, 0.4) is 0 Å². The Labute approximate surface area is 122 Å². The van der Waals surface area contributed by atoms with Crippen molar-refractivity contribution in [3.8, 4) is 0 Å². The molecule has 6 heteroatoms. The predicted octanol–water partition coefficient (Wildman–Crippen LogP) is 3.60. The average Bonchev–Trinajstić information content (AvgIpc) is 2.37. The van der Waals surface area contributed by atoms with Crippen LogP contribution in [0.2, 0.25) is 10.2 Å². The molecule has 1 aromatic rings. The Balaban J connectivity index is 2.95. The first-order chi connectivity index (χ1) is 8.51. The van der Waals surface area contributed by atoms with Crippen LogP contribution in [-0.2, 0) is 0 Å². The van der Waals surface area contributed by atoms with Crippen molar-refractivity contribution in [2.75, 3.05) is 19.1 Å². The average molecular weight is 307 g/mol. The maximum absolute atomic E-state index is 12.3. The van der Waals surface area contributed by atoms with Crippen LogP contribution in [-0.4, -0.2) is 40.9 Å². The van der Waals surface area contributed by atoms with Gasteiger partial charge in [-0.3, -0.25) is 4.79 Å². The van der Waals surface area contributed by atoms with E-state index in [4.69, 9.17) is 23.2 Å². The van der Waals surface area contributed by atoms with E-state index in [1.807, 2.05) is 6.26 Å². The van der Waals surface area contributed by atoms with Gasteiger partial charge in [0.05, 0.1) is 5.02 Å². The van der Waals surface area contributed by atoms with E-state index in [9.17, 15) is 4.79 Å². The van der Waals surface area contributed by atoms with Gasteiger partial charge in [-0.05, 0) is 24.8 Å². The number of amides is 1. The number of carbonyl (C=O) groups is 1. The Hall–Kier alpha value is -0.450. The summed E-state index contributed by atoms with van der Waals surface area (Å²) in [6, 6.07) is 3.33. The third-order valence-electron chi connectivity index (χ3n) is 2.71. The van der Waals surface area contributed by atoms with Gasteiger partial charge in [0.15, 0.2) is 0 Å².